The summed E-state index contributed by atoms with van der Waals surface area (Å²) < 4.78 is 39.7. The molecule has 0 unspecified atom stereocenters. The average molecular weight is 316 g/mol. The molecule has 0 N–H and O–H groups in total. The molecule has 0 spiro atoms. The van der Waals surface area contributed by atoms with Crippen molar-refractivity contribution in [3.05, 3.63) is 45.8 Å². The van der Waals surface area contributed by atoms with Crippen molar-refractivity contribution in [2.45, 2.75) is 25.7 Å². The first-order valence-corrected chi connectivity index (χ1v) is 7.64. The molecule has 8 heteroatoms. The first-order valence-electron chi connectivity index (χ1n) is 6.20. The molecule has 1 aromatic carbocycles. The Bertz CT molecular complexity index is 686. The van der Waals surface area contributed by atoms with Crippen LogP contribution >= 0.6 is 0 Å². The lowest BCUT2D eigenvalue weighted by molar-refractivity contribution is -0.387. The topological polar surface area (TPSA) is 80.5 Å². The molecule has 0 amide bonds. The van der Waals surface area contributed by atoms with Gasteiger partial charge in [0.25, 0.3) is 0 Å². The summed E-state index contributed by atoms with van der Waals surface area (Å²) in [6.07, 6.45) is 0. The maximum atomic E-state index is 13.6. The molecule has 0 saturated heterocycles. The van der Waals surface area contributed by atoms with Crippen LogP contribution in [0, 0.1) is 22.9 Å². The third-order valence-electron chi connectivity index (χ3n) is 2.84. The molecule has 0 heterocycles. The fourth-order valence-corrected chi connectivity index (χ4v) is 3.43. The van der Waals surface area contributed by atoms with E-state index >= 15 is 0 Å². The number of benzene rings is 1. The van der Waals surface area contributed by atoms with Gasteiger partial charge in [-0.2, -0.15) is 8.70 Å². The van der Waals surface area contributed by atoms with Gasteiger partial charge in [0.1, 0.15) is 0 Å². The van der Waals surface area contributed by atoms with Crippen LogP contribution in [0.3, 0.4) is 0 Å². The average Bonchev–Trinajstić information content (AvgIpc) is 2.37. The Balaban J connectivity index is 3.44. The summed E-state index contributed by atoms with van der Waals surface area (Å²) in [4.78, 5) is 9.58. The van der Waals surface area contributed by atoms with Crippen molar-refractivity contribution in [2.75, 3.05) is 13.1 Å². The lowest BCUT2D eigenvalue weighted by Crippen LogP contribution is -2.32. The van der Waals surface area contributed by atoms with Crippen molar-refractivity contribution < 1.29 is 17.7 Å². The minimum atomic E-state index is -3.94. The molecule has 0 saturated carbocycles. The monoisotopic (exact) mass is 316 g/mol. The van der Waals surface area contributed by atoms with Crippen molar-refractivity contribution in [3.63, 3.8) is 0 Å². The second-order valence-electron chi connectivity index (χ2n) is 4.72. The van der Waals surface area contributed by atoms with Gasteiger partial charge in [-0.05, 0) is 25.5 Å². The van der Waals surface area contributed by atoms with Crippen molar-refractivity contribution >= 4 is 15.7 Å². The van der Waals surface area contributed by atoms with Gasteiger partial charge >= 0.3 is 5.69 Å². The van der Waals surface area contributed by atoms with Gasteiger partial charge in [0.15, 0.2) is 0 Å². The number of sulfonamides is 1. The second kappa shape index (κ2) is 6.31. The van der Waals surface area contributed by atoms with Gasteiger partial charge < -0.3 is 0 Å². The lowest BCUT2D eigenvalue weighted by atomic mass is 10.2. The number of rotatable bonds is 6. The minimum Gasteiger partial charge on any atom is -0.258 e. The fraction of sp³-hybridized carbons (Fsp3) is 0.385. The SMILES string of the molecule is C=C(C)CN(CC)S(=O)(=O)c1cc(C)c(F)c([N+](=O)[O-])c1. The number of nitrogens with zero attached hydrogens (tertiary/aromatic N) is 2. The zero-order valence-corrected chi connectivity index (χ0v) is 12.9. The predicted octanol–water partition coefficient (Wildman–Crippen LogP) is 2.63. The van der Waals surface area contributed by atoms with E-state index in [1.165, 1.54) is 6.92 Å². The van der Waals surface area contributed by atoms with E-state index in [2.05, 4.69) is 6.58 Å². The highest BCUT2D eigenvalue weighted by atomic mass is 32.2. The third-order valence-corrected chi connectivity index (χ3v) is 4.74. The second-order valence-corrected chi connectivity index (χ2v) is 6.66. The standard InChI is InChI=1S/C13H17FN2O4S/c1-5-15(8-9(2)3)21(19,20)11-6-10(4)13(14)12(7-11)16(17)18/h6-7H,2,5,8H2,1,3-4H3. The molecule has 0 radical (unpaired) electrons. The molecule has 0 aromatic heterocycles. The van der Waals surface area contributed by atoms with Gasteiger partial charge in [-0.25, -0.2) is 8.42 Å². The van der Waals surface area contributed by atoms with Crippen LogP contribution in [0.2, 0.25) is 0 Å². The smallest absolute Gasteiger partial charge is 0.258 e. The fourth-order valence-electron chi connectivity index (χ4n) is 1.82. The predicted molar refractivity (Wildman–Crippen MR) is 77.0 cm³/mol. The summed E-state index contributed by atoms with van der Waals surface area (Å²) in [5, 5.41) is 10.8. The first kappa shape index (κ1) is 17.3. The van der Waals surface area contributed by atoms with Crippen molar-refractivity contribution in [1.29, 1.82) is 0 Å². The summed E-state index contributed by atoms with van der Waals surface area (Å²) >= 11 is 0. The van der Waals surface area contributed by atoms with Gasteiger partial charge in [0, 0.05) is 19.2 Å². The van der Waals surface area contributed by atoms with Crippen molar-refractivity contribution in [1.82, 2.24) is 4.31 Å². The van der Waals surface area contributed by atoms with E-state index in [9.17, 15) is 22.9 Å². The van der Waals surface area contributed by atoms with Crippen LogP contribution in [0.5, 0.6) is 0 Å². The van der Waals surface area contributed by atoms with Crippen molar-refractivity contribution in [2.24, 2.45) is 0 Å². The molecule has 1 aromatic rings. The molecule has 0 bridgehead atoms. The summed E-state index contributed by atoms with van der Waals surface area (Å²) in [5.41, 5.74) is -0.303. The zero-order chi connectivity index (χ0) is 16.4. The van der Waals surface area contributed by atoms with Crippen LogP contribution in [-0.2, 0) is 10.0 Å². The highest BCUT2D eigenvalue weighted by molar-refractivity contribution is 7.89. The van der Waals surface area contributed by atoms with Crippen LogP contribution < -0.4 is 0 Å². The number of aryl methyl sites for hydroxylation is 1. The quantitative estimate of drug-likeness (QED) is 0.459. The zero-order valence-electron chi connectivity index (χ0n) is 12.1. The van der Waals surface area contributed by atoms with Gasteiger partial charge in [0.2, 0.25) is 15.8 Å². The van der Waals surface area contributed by atoms with E-state index in [0.29, 0.717) is 5.57 Å². The maximum Gasteiger partial charge on any atom is 0.306 e. The molecule has 0 atom stereocenters. The molecule has 0 fully saturated rings. The van der Waals surface area contributed by atoms with Gasteiger partial charge in [-0.3, -0.25) is 10.1 Å². The molecular weight excluding hydrogens is 299 g/mol. The van der Waals surface area contributed by atoms with Crippen LogP contribution in [0.15, 0.2) is 29.2 Å². The Kier molecular flexibility index (Phi) is 5.19. The number of hydrogen-bond donors (Lipinski definition) is 0. The van der Waals surface area contributed by atoms with Gasteiger partial charge in [0.05, 0.1) is 9.82 Å². The Morgan fingerprint density at radius 1 is 1.48 bits per heavy atom. The number of nitro groups is 1. The molecule has 6 nitrogen and oxygen atoms in total. The highest BCUT2D eigenvalue weighted by Gasteiger charge is 2.28. The van der Waals surface area contributed by atoms with E-state index in [4.69, 9.17) is 0 Å². The van der Waals surface area contributed by atoms with E-state index in [0.717, 1.165) is 16.4 Å². The van der Waals surface area contributed by atoms with Gasteiger partial charge in [-0.1, -0.05) is 19.1 Å². The number of likely N-dealkylation sites (N-methyl/N-ethyl adjacent to an activating group) is 1. The third kappa shape index (κ3) is 3.64. The number of halogens is 1. The highest BCUT2D eigenvalue weighted by Crippen LogP contribution is 2.27. The van der Waals surface area contributed by atoms with Crippen LogP contribution in [0.1, 0.15) is 19.4 Å². The Labute approximate surface area is 123 Å². The molecular formula is C13H17FN2O4S. The summed E-state index contributed by atoms with van der Waals surface area (Å²) in [5.74, 6) is -1.03. The largest absolute Gasteiger partial charge is 0.306 e. The number of hydrogen-bond acceptors (Lipinski definition) is 4. The minimum absolute atomic E-state index is 0.0887. The maximum absolute atomic E-state index is 13.6. The number of nitro benzene ring substituents is 1. The molecule has 116 valence electrons. The molecule has 0 aliphatic heterocycles. The van der Waals surface area contributed by atoms with Crippen LogP contribution in [0.25, 0.3) is 0 Å². The summed E-state index contributed by atoms with van der Waals surface area (Å²) in [7, 11) is -3.94. The van der Waals surface area contributed by atoms with E-state index in [1.807, 2.05) is 0 Å². The normalized spacial score (nSPS) is 11.7. The summed E-state index contributed by atoms with van der Waals surface area (Å²) in [6.45, 7) is 8.54. The Morgan fingerprint density at radius 3 is 2.48 bits per heavy atom. The molecule has 1 rings (SSSR count). The Morgan fingerprint density at radius 2 is 2.05 bits per heavy atom. The summed E-state index contributed by atoms with van der Waals surface area (Å²) in [6, 6.07) is 1.84. The van der Waals surface area contributed by atoms with E-state index in [-0.39, 0.29) is 23.5 Å². The Hall–Kier alpha value is -1.80. The lowest BCUT2D eigenvalue weighted by Gasteiger charge is -2.20. The van der Waals surface area contributed by atoms with E-state index in [1.54, 1.807) is 13.8 Å². The molecule has 0 aliphatic carbocycles. The van der Waals surface area contributed by atoms with E-state index < -0.39 is 26.5 Å². The van der Waals surface area contributed by atoms with Crippen molar-refractivity contribution in [3.8, 4) is 0 Å². The molecule has 21 heavy (non-hydrogen) atoms. The van der Waals surface area contributed by atoms with Crippen LogP contribution in [0.4, 0.5) is 10.1 Å². The van der Waals surface area contributed by atoms with Crippen LogP contribution in [-0.4, -0.2) is 30.7 Å². The first-order chi connectivity index (χ1) is 9.61. The van der Waals surface area contributed by atoms with Gasteiger partial charge in [-0.15, -0.1) is 0 Å². The molecule has 0 aliphatic rings.